The second-order valence-corrected chi connectivity index (χ2v) is 4.42. The minimum Gasteiger partial charge on any atom is -0.300 e. The molecule has 1 nitrogen and oxygen atoms in total. The van der Waals surface area contributed by atoms with Gasteiger partial charge in [-0.25, -0.2) is 4.39 Å². The number of halogens is 1. The molecule has 0 fully saturated rings. The van der Waals surface area contributed by atoms with Crippen molar-refractivity contribution in [2.75, 3.05) is 14.1 Å². The van der Waals surface area contributed by atoms with E-state index in [1.807, 2.05) is 26.2 Å². The van der Waals surface area contributed by atoms with Crippen LogP contribution in [-0.2, 0) is 5.54 Å². The molecule has 0 atom stereocenters. The highest BCUT2D eigenvalue weighted by atomic mass is 19.1. The normalized spacial score (nSPS) is 12.2. The third-order valence-corrected chi connectivity index (χ3v) is 3.00. The van der Waals surface area contributed by atoms with Crippen LogP contribution >= 0.6 is 0 Å². The average molecular weight is 195 g/mol. The number of nitrogens with zero attached hydrogens (tertiary/aromatic N) is 1. The summed E-state index contributed by atoms with van der Waals surface area (Å²) in [5.74, 6) is -0.127. The summed E-state index contributed by atoms with van der Waals surface area (Å²) in [6.07, 6.45) is 0. The Hall–Kier alpha value is -0.890. The molecule has 0 bridgehead atoms. The standard InChI is InChI=1S/C12H18FN/c1-9-6-7-10(8-11(9)13)12(2,3)14(4)5/h6-8H,1-5H3. The van der Waals surface area contributed by atoms with Crippen LogP contribution in [0, 0.1) is 12.7 Å². The van der Waals surface area contributed by atoms with Crippen molar-refractivity contribution in [2.24, 2.45) is 0 Å². The third-order valence-electron chi connectivity index (χ3n) is 3.00. The van der Waals surface area contributed by atoms with Crippen molar-refractivity contribution in [2.45, 2.75) is 26.3 Å². The Labute approximate surface area is 85.5 Å². The Bertz CT molecular complexity index is 329. The van der Waals surface area contributed by atoms with Crippen molar-refractivity contribution in [1.82, 2.24) is 4.90 Å². The number of hydrogen-bond acceptors (Lipinski definition) is 1. The molecule has 0 spiro atoms. The number of aryl methyl sites for hydroxylation is 1. The molecular formula is C12H18FN. The zero-order valence-corrected chi connectivity index (χ0v) is 9.56. The van der Waals surface area contributed by atoms with Gasteiger partial charge in [-0.1, -0.05) is 12.1 Å². The lowest BCUT2D eigenvalue weighted by Crippen LogP contribution is -2.35. The zero-order valence-electron chi connectivity index (χ0n) is 9.56. The van der Waals surface area contributed by atoms with Crippen LogP contribution in [-0.4, -0.2) is 19.0 Å². The summed E-state index contributed by atoms with van der Waals surface area (Å²) in [5, 5.41) is 0. The van der Waals surface area contributed by atoms with Crippen LogP contribution in [0.2, 0.25) is 0 Å². The van der Waals surface area contributed by atoms with Crippen molar-refractivity contribution in [3.05, 3.63) is 35.1 Å². The van der Waals surface area contributed by atoms with Gasteiger partial charge >= 0.3 is 0 Å². The quantitative estimate of drug-likeness (QED) is 0.701. The van der Waals surface area contributed by atoms with Crippen molar-refractivity contribution in [1.29, 1.82) is 0 Å². The Balaban J connectivity index is 3.14. The van der Waals surface area contributed by atoms with Gasteiger partial charge in [0.25, 0.3) is 0 Å². The van der Waals surface area contributed by atoms with Gasteiger partial charge in [-0.05, 0) is 52.1 Å². The Morgan fingerprint density at radius 2 is 1.79 bits per heavy atom. The fourth-order valence-corrected chi connectivity index (χ4v) is 1.23. The maximum atomic E-state index is 13.4. The number of hydrogen-bond donors (Lipinski definition) is 0. The molecular weight excluding hydrogens is 177 g/mol. The Morgan fingerprint density at radius 1 is 1.21 bits per heavy atom. The Kier molecular flexibility index (Phi) is 2.95. The molecule has 0 aliphatic heterocycles. The van der Waals surface area contributed by atoms with Crippen LogP contribution < -0.4 is 0 Å². The van der Waals surface area contributed by atoms with Gasteiger partial charge in [0.05, 0.1) is 0 Å². The molecule has 0 saturated heterocycles. The molecule has 0 aliphatic rings. The highest BCUT2D eigenvalue weighted by Gasteiger charge is 2.23. The third kappa shape index (κ3) is 1.95. The Morgan fingerprint density at radius 3 is 2.21 bits per heavy atom. The van der Waals surface area contributed by atoms with E-state index in [0.29, 0.717) is 5.56 Å². The predicted molar refractivity (Wildman–Crippen MR) is 57.9 cm³/mol. The van der Waals surface area contributed by atoms with E-state index >= 15 is 0 Å². The van der Waals surface area contributed by atoms with E-state index < -0.39 is 0 Å². The topological polar surface area (TPSA) is 3.24 Å². The summed E-state index contributed by atoms with van der Waals surface area (Å²) < 4.78 is 13.4. The summed E-state index contributed by atoms with van der Waals surface area (Å²) in [6.45, 7) is 5.94. The highest BCUT2D eigenvalue weighted by Crippen LogP contribution is 2.26. The summed E-state index contributed by atoms with van der Waals surface area (Å²) >= 11 is 0. The molecule has 78 valence electrons. The molecule has 2 heteroatoms. The van der Waals surface area contributed by atoms with Crippen LogP contribution in [0.25, 0.3) is 0 Å². The lowest BCUT2D eigenvalue weighted by molar-refractivity contribution is 0.197. The monoisotopic (exact) mass is 195 g/mol. The first kappa shape index (κ1) is 11.2. The first-order valence-corrected chi connectivity index (χ1v) is 4.80. The van der Waals surface area contributed by atoms with Crippen LogP contribution in [0.15, 0.2) is 18.2 Å². The lowest BCUT2D eigenvalue weighted by atomic mass is 9.92. The van der Waals surface area contributed by atoms with Gasteiger partial charge < -0.3 is 4.90 Å². The molecule has 1 rings (SSSR count). The minimum atomic E-state index is -0.130. The lowest BCUT2D eigenvalue weighted by Gasteiger charge is -2.33. The molecule has 0 aliphatic carbocycles. The molecule has 0 radical (unpaired) electrons. The fraction of sp³-hybridized carbons (Fsp3) is 0.500. The van der Waals surface area contributed by atoms with E-state index in [0.717, 1.165) is 5.56 Å². The number of rotatable bonds is 2. The second-order valence-electron chi connectivity index (χ2n) is 4.42. The zero-order chi connectivity index (χ0) is 10.9. The van der Waals surface area contributed by atoms with Crippen LogP contribution in [0.1, 0.15) is 25.0 Å². The summed E-state index contributed by atoms with van der Waals surface area (Å²) in [5.41, 5.74) is 1.57. The van der Waals surface area contributed by atoms with E-state index in [2.05, 4.69) is 18.7 Å². The first-order valence-electron chi connectivity index (χ1n) is 4.80. The maximum absolute atomic E-state index is 13.4. The predicted octanol–water partition coefficient (Wildman–Crippen LogP) is 2.93. The fourth-order valence-electron chi connectivity index (χ4n) is 1.23. The SMILES string of the molecule is Cc1ccc(C(C)(C)N(C)C)cc1F. The molecule has 0 amide bonds. The van der Waals surface area contributed by atoms with E-state index in [-0.39, 0.29) is 11.4 Å². The van der Waals surface area contributed by atoms with Crippen LogP contribution in [0.4, 0.5) is 4.39 Å². The van der Waals surface area contributed by atoms with Gasteiger partial charge in [0.1, 0.15) is 5.82 Å². The highest BCUT2D eigenvalue weighted by molar-refractivity contribution is 5.28. The van der Waals surface area contributed by atoms with E-state index in [1.165, 1.54) is 0 Å². The van der Waals surface area contributed by atoms with Gasteiger partial charge in [-0.15, -0.1) is 0 Å². The first-order chi connectivity index (χ1) is 6.35. The molecule has 1 aromatic carbocycles. The van der Waals surface area contributed by atoms with E-state index in [1.54, 1.807) is 13.0 Å². The van der Waals surface area contributed by atoms with E-state index in [9.17, 15) is 4.39 Å². The summed E-state index contributed by atoms with van der Waals surface area (Å²) in [7, 11) is 4.00. The smallest absolute Gasteiger partial charge is 0.126 e. The van der Waals surface area contributed by atoms with Gasteiger partial charge in [0, 0.05) is 5.54 Å². The molecule has 14 heavy (non-hydrogen) atoms. The van der Waals surface area contributed by atoms with Crippen molar-refractivity contribution < 1.29 is 4.39 Å². The van der Waals surface area contributed by atoms with Gasteiger partial charge in [-0.2, -0.15) is 0 Å². The van der Waals surface area contributed by atoms with Crippen molar-refractivity contribution in [3.8, 4) is 0 Å². The summed E-state index contributed by atoms with van der Waals surface area (Å²) in [4.78, 5) is 2.08. The molecule has 1 aromatic rings. The van der Waals surface area contributed by atoms with Crippen molar-refractivity contribution in [3.63, 3.8) is 0 Å². The largest absolute Gasteiger partial charge is 0.300 e. The molecule has 0 aromatic heterocycles. The summed E-state index contributed by atoms with van der Waals surface area (Å²) in [6, 6.07) is 5.43. The van der Waals surface area contributed by atoms with E-state index in [4.69, 9.17) is 0 Å². The van der Waals surface area contributed by atoms with Gasteiger partial charge in [0.2, 0.25) is 0 Å². The number of benzene rings is 1. The molecule has 0 N–H and O–H groups in total. The molecule has 0 unspecified atom stereocenters. The van der Waals surface area contributed by atoms with Crippen LogP contribution in [0.3, 0.4) is 0 Å². The molecule has 0 heterocycles. The van der Waals surface area contributed by atoms with Crippen LogP contribution in [0.5, 0.6) is 0 Å². The van der Waals surface area contributed by atoms with Gasteiger partial charge in [-0.3, -0.25) is 0 Å². The van der Waals surface area contributed by atoms with Crippen molar-refractivity contribution >= 4 is 0 Å². The van der Waals surface area contributed by atoms with Gasteiger partial charge in [0.15, 0.2) is 0 Å². The second kappa shape index (κ2) is 3.70. The minimum absolute atomic E-state index is 0.127. The molecule has 0 saturated carbocycles. The average Bonchev–Trinajstić information content (AvgIpc) is 2.09. The maximum Gasteiger partial charge on any atom is 0.126 e.